The van der Waals surface area contributed by atoms with E-state index in [0.717, 1.165) is 34.7 Å². The summed E-state index contributed by atoms with van der Waals surface area (Å²) >= 11 is 1.60. The summed E-state index contributed by atoms with van der Waals surface area (Å²) in [6.07, 6.45) is 4.55. The predicted octanol–water partition coefficient (Wildman–Crippen LogP) is 5.03. The highest BCUT2D eigenvalue weighted by atomic mass is 32.1. The Morgan fingerprint density at radius 3 is 2.67 bits per heavy atom. The first-order chi connectivity index (χ1) is 11.6. The third kappa shape index (κ3) is 3.97. The van der Waals surface area contributed by atoms with E-state index in [4.69, 9.17) is 4.99 Å². The number of benzene rings is 1. The Morgan fingerprint density at radius 2 is 2.00 bits per heavy atom. The lowest BCUT2D eigenvalue weighted by atomic mass is 10.1. The first-order valence-corrected chi connectivity index (χ1v) is 8.90. The molecule has 0 unspecified atom stereocenters. The van der Waals surface area contributed by atoms with Crippen molar-refractivity contribution in [2.75, 3.05) is 0 Å². The van der Waals surface area contributed by atoms with Crippen molar-refractivity contribution in [2.45, 2.75) is 26.8 Å². The minimum atomic E-state index is -0.219. The second-order valence-corrected chi connectivity index (χ2v) is 6.90. The smallest absolute Gasteiger partial charge is 0.190 e. The van der Waals surface area contributed by atoms with Gasteiger partial charge in [-0.3, -0.25) is 4.98 Å². The predicted molar refractivity (Wildman–Crippen MR) is 96.6 cm³/mol. The van der Waals surface area contributed by atoms with Crippen LogP contribution in [0.1, 0.15) is 20.3 Å². The van der Waals surface area contributed by atoms with E-state index in [-0.39, 0.29) is 5.82 Å². The zero-order valence-corrected chi connectivity index (χ0v) is 14.6. The molecule has 0 saturated carbocycles. The Labute approximate surface area is 145 Å². The first-order valence-electron chi connectivity index (χ1n) is 8.02. The van der Waals surface area contributed by atoms with Gasteiger partial charge in [0.05, 0.1) is 17.6 Å². The fraction of sp³-hybridized carbons (Fsp3) is 0.263. The Bertz CT molecular complexity index is 848. The third-order valence-electron chi connectivity index (χ3n) is 3.74. The van der Waals surface area contributed by atoms with E-state index >= 15 is 0 Å². The topological polar surface area (TPSA) is 30.2 Å². The van der Waals surface area contributed by atoms with Gasteiger partial charge in [0.25, 0.3) is 0 Å². The summed E-state index contributed by atoms with van der Waals surface area (Å²) < 4.78 is 15.4. The Kier molecular flexibility index (Phi) is 5.20. The van der Waals surface area contributed by atoms with Gasteiger partial charge in [0, 0.05) is 18.1 Å². The highest BCUT2D eigenvalue weighted by Crippen LogP contribution is 2.22. The number of rotatable bonds is 5. The molecule has 0 saturated heterocycles. The van der Waals surface area contributed by atoms with Crippen LogP contribution in [0.5, 0.6) is 0 Å². The van der Waals surface area contributed by atoms with Crippen LogP contribution in [-0.2, 0) is 6.54 Å². The number of pyridine rings is 1. The van der Waals surface area contributed by atoms with Crippen molar-refractivity contribution in [3.63, 3.8) is 0 Å². The maximum atomic E-state index is 13.2. The van der Waals surface area contributed by atoms with Gasteiger partial charge in [-0.15, -0.1) is 11.3 Å². The summed E-state index contributed by atoms with van der Waals surface area (Å²) in [4.78, 5) is 9.78. The standard InChI is InChI=1S/C19H20FN3S/c1-14(2)9-11-23-18(15-5-7-16(20)8-6-15)13-24-19(23)22-17-4-3-10-21-12-17/h3-8,10,12-14H,9,11H2,1-2H3. The van der Waals surface area contributed by atoms with Crippen LogP contribution >= 0.6 is 11.3 Å². The first kappa shape index (κ1) is 16.6. The Balaban J connectivity index is 2.06. The second kappa shape index (κ2) is 7.53. The van der Waals surface area contributed by atoms with Crippen molar-refractivity contribution in [1.29, 1.82) is 0 Å². The molecule has 0 aliphatic rings. The zero-order valence-electron chi connectivity index (χ0n) is 13.8. The highest BCUT2D eigenvalue weighted by molar-refractivity contribution is 7.07. The molecule has 1 aromatic carbocycles. The lowest BCUT2D eigenvalue weighted by Gasteiger charge is -2.11. The van der Waals surface area contributed by atoms with E-state index in [2.05, 4.69) is 28.8 Å². The molecule has 3 rings (SSSR count). The quantitative estimate of drug-likeness (QED) is 0.640. The van der Waals surface area contributed by atoms with Crippen LogP contribution in [0.25, 0.3) is 11.3 Å². The lowest BCUT2D eigenvalue weighted by Crippen LogP contribution is -2.17. The molecule has 2 aromatic heterocycles. The van der Waals surface area contributed by atoms with Gasteiger partial charge in [0.2, 0.25) is 0 Å². The second-order valence-electron chi connectivity index (χ2n) is 6.07. The van der Waals surface area contributed by atoms with Crippen molar-refractivity contribution < 1.29 is 4.39 Å². The van der Waals surface area contributed by atoms with Gasteiger partial charge in [-0.2, -0.15) is 0 Å². The van der Waals surface area contributed by atoms with Crippen LogP contribution in [0.15, 0.2) is 59.2 Å². The number of nitrogens with zero attached hydrogens (tertiary/aromatic N) is 3. The van der Waals surface area contributed by atoms with Gasteiger partial charge < -0.3 is 4.57 Å². The van der Waals surface area contributed by atoms with Gasteiger partial charge in [0.1, 0.15) is 5.82 Å². The van der Waals surface area contributed by atoms with E-state index in [0.29, 0.717) is 5.92 Å². The van der Waals surface area contributed by atoms with Gasteiger partial charge >= 0.3 is 0 Å². The van der Waals surface area contributed by atoms with Crippen molar-refractivity contribution in [3.8, 4) is 11.3 Å². The van der Waals surface area contributed by atoms with E-state index in [1.54, 1.807) is 23.7 Å². The molecule has 0 fully saturated rings. The molecule has 0 N–H and O–H groups in total. The molecule has 24 heavy (non-hydrogen) atoms. The van der Waals surface area contributed by atoms with Crippen LogP contribution < -0.4 is 4.80 Å². The summed E-state index contributed by atoms with van der Waals surface area (Å²) in [6, 6.07) is 10.5. The average Bonchev–Trinajstić information content (AvgIpc) is 2.97. The fourth-order valence-corrected chi connectivity index (χ4v) is 3.36. The van der Waals surface area contributed by atoms with Gasteiger partial charge in [0.15, 0.2) is 4.80 Å². The van der Waals surface area contributed by atoms with Crippen molar-refractivity contribution in [1.82, 2.24) is 9.55 Å². The number of aromatic nitrogens is 2. The normalized spacial score (nSPS) is 12.1. The molecule has 0 spiro atoms. The summed E-state index contributed by atoms with van der Waals surface area (Å²) in [5.41, 5.74) is 2.91. The molecule has 0 atom stereocenters. The molecule has 0 bridgehead atoms. The third-order valence-corrected chi connectivity index (χ3v) is 4.60. The van der Waals surface area contributed by atoms with E-state index in [1.165, 1.54) is 12.1 Å². The SMILES string of the molecule is CC(C)CCn1c(-c2ccc(F)cc2)csc1=Nc1cccnc1. The molecular weight excluding hydrogens is 321 g/mol. The molecule has 3 aromatic rings. The molecule has 0 radical (unpaired) electrons. The molecule has 5 heteroatoms. The Morgan fingerprint density at radius 1 is 1.21 bits per heavy atom. The largest absolute Gasteiger partial charge is 0.316 e. The maximum absolute atomic E-state index is 13.2. The van der Waals surface area contributed by atoms with Gasteiger partial charge in [-0.25, -0.2) is 9.38 Å². The minimum absolute atomic E-state index is 0.219. The summed E-state index contributed by atoms with van der Waals surface area (Å²) in [5, 5.41) is 2.09. The van der Waals surface area contributed by atoms with Crippen LogP contribution in [0.3, 0.4) is 0 Å². The highest BCUT2D eigenvalue weighted by Gasteiger charge is 2.09. The van der Waals surface area contributed by atoms with E-state index in [1.807, 2.05) is 24.3 Å². The molecule has 3 nitrogen and oxygen atoms in total. The lowest BCUT2D eigenvalue weighted by molar-refractivity contribution is 0.513. The van der Waals surface area contributed by atoms with Crippen molar-refractivity contribution in [3.05, 3.63) is 64.8 Å². The Hall–Kier alpha value is -2.27. The molecule has 0 aliphatic heterocycles. The minimum Gasteiger partial charge on any atom is -0.316 e. The summed E-state index contributed by atoms with van der Waals surface area (Å²) in [7, 11) is 0. The van der Waals surface area contributed by atoms with Crippen LogP contribution in [0, 0.1) is 11.7 Å². The molecule has 0 amide bonds. The van der Waals surface area contributed by atoms with E-state index < -0.39 is 0 Å². The van der Waals surface area contributed by atoms with Crippen LogP contribution in [-0.4, -0.2) is 9.55 Å². The summed E-state index contributed by atoms with van der Waals surface area (Å²) in [6.45, 7) is 5.30. The molecule has 2 heterocycles. The van der Waals surface area contributed by atoms with Crippen molar-refractivity contribution in [2.24, 2.45) is 10.9 Å². The summed E-state index contributed by atoms with van der Waals surface area (Å²) in [5.74, 6) is 0.382. The van der Waals surface area contributed by atoms with Gasteiger partial charge in [-0.1, -0.05) is 13.8 Å². The zero-order chi connectivity index (χ0) is 16.9. The molecular formula is C19H20FN3S. The number of halogens is 1. The molecule has 0 aliphatic carbocycles. The van der Waals surface area contributed by atoms with Crippen LogP contribution in [0.4, 0.5) is 10.1 Å². The number of hydrogen-bond acceptors (Lipinski definition) is 3. The van der Waals surface area contributed by atoms with Gasteiger partial charge in [-0.05, 0) is 54.3 Å². The molecule has 124 valence electrons. The average molecular weight is 341 g/mol. The van der Waals surface area contributed by atoms with E-state index in [9.17, 15) is 4.39 Å². The maximum Gasteiger partial charge on any atom is 0.190 e. The number of hydrogen-bond donors (Lipinski definition) is 0. The fourth-order valence-electron chi connectivity index (χ4n) is 2.40. The van der Waals surface area contributed by atoms with Crippen LogP contribution in [0.2, 0.25) is 0 Å². The monoisotopic (exact) mass is 341 g/mol. The van der Waals surface area contributed by atoms with Crippen molar-refractivity contribution >= 4 is 17.0 Å². The number of thiazole rings is 1.